The van der Waals surface area contributed by atoms with Gasteiger partial charge < -0.3 is 11.1 Å². The number of rotatable bonds is 4. The quantitative estimate of drug-likeness (QED) is 0.895. The second-order valence-electron chi connectivity index (χ2n) is 4.59. The molecule has 3 N–H and O–H groups in total. The number of thiazole rings is 1. The van der Waals surface area contributed by atoms with E-state index in [0.717, 1.165) is 25.7 Å². The Morgan fingerprint density at radius 3 is 2.94 bits per heavy atom. The first-order valence-electron chi connectivity index (χ1n) is 6.19. The summed E-state index contributed by atoms with van der Waals surface area (Å²) < 4.78 is 0. The number of amides is 1. The molecule has 1 aliphatic rings. The summed E-state index contributed by atoms with van der Waals surface area (Å²) in [7, 11) is 0. The van der Waals surface area contributed by atoms with Gasteiger partial charge in [0.05, 0.1) is 0 Å². The molecule has 4 nitrogen and oxygen atoms in total. The molecule has 1 fully saturated rings. The highest BCUT2D eigenvalue weighted by atomic mass is 35.5. The van der Waals surface area contributed by atoms with E-state index in [-0.39, 0.29) is 24.4 Å². The average molecular weight is 290 g/mol. The molecule has 0 spiro atoms. The summed E-state index contributed by atoms with van der Waals surface area (Å²) in [5.41, 5.74) is 5.95. The van der Waals surface area contributed by atoms with Crippen molar-refractivity contribution >= 4 is 34.8 Å². The number of aromatic nitrogens is 1. The van der Waals surface area contributed by atoms with Crippen molar-refractivity contribution in [1.29, 1.82) is 0 Å². The number of aryl methyl sites for hydroxylation is 1. The van der Waals surface area contributed by atoms with Crippen LogP contribution in [0.3, 0.4) is 0 Å². The van der Waals surface area contributed by atoms with E-state index in [4.69, 9.17) is 5.73 Å². The van der Waals surface area contributed by atoms with Gasteiger partial charge in [0, 0.05) is 23.5 Å². The number of carbonyl (C=O) groups is 1. The Kier molecular flexibility index (Phi) is 6.05. The minimum absolute atomic E-state index is 0. The van der Waals surface area contributed by atoms with E-state index < -0.39 is 0 Å². The Morgan fingerprint density at radius 1 is 1.61 bits per heavy atom. The van der Waals surface area contributed by atoms with Crippen molar-refractivity contribution in [3.63, 3.8) is 0 Å². The van der Waals surface area contributed by atoms with E-state index >= 15 is 0 Å². The number of carbonyl (C=O) groups excluding carboxylic acids is 1. The lowest BCUT2D eigenvalue weighted by atomic mass is 10.00. The Morgan fingerprint density at radius 2 is 2.39 bits per heavy atom. The molecule has 0 radical (unpaired) electrons. The van der Waals surface area contributed by atoms with Gasteiger partial charge in [-0.2, -0.15) is 0 Å². The van der Waals surface area contributed by atoms with Crippen LogP contribution in [0.1, 0.15) is 37.5 Å². The lowest BCUT2D eigenvalue weighted by molar-refractivity contribution is -0.117. The van der Waals surface area contributed by atoms with Crippen LogP contribution in [0.2, 0.25) is 0 Å². The maximum absolute atomic E-state index is 11.8. The normalized spacial score (nSPS) is 22.6. The van der Waals surface area contributed by atoms with Gasteiger partial charge in [-0.3, -0.25) is 4.79 Å². The number of hydrogen-bond acceptors (Lipinski definition) is 4. The van der Waals surface area contributed by atoms with Crippen LogP contribution < -0.4 is 11.1 Å². The fourth-order valence-electron chi connectivity index (χ4n) is 2.26. The third-order valence-corrected chi connectivity index (χ3v) is 4.37. The summed E-state index contributed by atoms with van der Waals surface area (Å²) in [6.07, 6.45) is 6.59. The first kappa shape index (κ1) is 15.4. The molecule has 0 unspecified atom stereocenters. The topological polar surface area (TPSA) is 68.0 Å². The maximum atomic E-state index is 11.8. The van der Waals surface area contributed by atoms with Crippen LogP contribution in [0.25, 0.3) is 0 Å². The molecular weight excluding hydrogens is 270 g/mol. The van der Waals surface area contributed by atoms with E-state index in [9.17, 15) is 4.79 Å². The highest BCUT2D eigenvalue weighted by Crippen LogP contribution is 2.27. The summed E-state index contributed by atoms with van der Waals surface area (Å²) in [6.45, 7) is 2.08. The molecule has 0 saturated heterocycles. The van der Waals surface area contributed by atoms with Crippen molar-refractivity contribution in [2.75, 3.05) is 5.32 Å². The highest BCUT2D eigenvalue weighted by molar-refractivity contribution is 7.15. The second kappa shape index (κ2) is 7.07. The first-order chi connectivity index (χ1) is 8.19. The largest absolute Gasteiger partial charge is 0.327 e. The second-order valence-corrected chi connectivity index (χ2v) is 5.71. The van der Waals surface area contributed by atoms with Crippen LogP contribution in [0.5, 0.6) is 0 Å². The molecule has 0 bridgehead atoms. The SMILES string of the molecule is CCc1cnc(NC(=O)C[C@@H]2CCC[C@H]2N)s1.Cl. The molecule has 1 heterocycles. The first-order valence-corrected chi connectivity index (χ1v) is 7.00. The fourth-order valence-corrected chi connectivity index (χ4v) is 3.02. The smallest absolute Gasteiger partial charge is 0.226 e. The summed E-state index contributed by atoms with van der Waals surface area (Å²) >= 11 is 1.55. The van der Waals surface area contributed by atoms with Gasteiger partial charge in [-0.05, 0) is 25.2 Å². The number of halogens is 1. The molecule has 1 aromatic rings. The molecule has 1 saturated carbocycles. The Labute approximate surface area is 118 Å². The Bertz CT molecular complexity index is 396. The van der Waals surface area contributed by atoms with Crippen molar-refractivity contribution in [3.05, 3.63) is 11.1 Å². The van der Waals surface area contributed by atoms with E-state index in [0.29, 0.717) is 17.5 Å². The van der Waals surface area contributed by atoms with Crippen molar-refractivity contribution in [2.45, 2.75) is 45.1 Å². The zero-order chi connectivity index (χ0) is 12.3. The van der Waals surface area contributed by atoms with E-state index in [1.807, 2.05) is 6.20 Å². The fraction of sp³-hybridized carbons (Fsp3) is 0.667. The van der Waals surface area contributed by atoms with Gasteiger partial charge in [0.25, 0.3) is 0 Å². The molecule has 2 rings (SSSR count). The summed E-state index contributed by atoms with van der Waals surface area (Å²) in [5.74, 6) is 0.393. The van der Waals surface area contributed by atoms with Gasteiger partial charge >= 0.3 is 0 Å². The van der Waals surface area contributed by atoms with E-state index in [1.165, 1.54) is 4.88 Å². The summed E-state index contributed by atoms with van der Waals surface area (Å²) in [6, 6.07) is 0.197. The molecule has 18 heavy (non-hydrogen) atoms. The van der Waals surface area contributed by atoms with Crippen molar-refractivity contribution in [3.8, 4) is 0 Å². The predicted octanol–water partition coefficient (Wildman–Crippen LogP) is 2.58. The predicted molar refractivity (Wildman–Crippen MR) is 77.3 cm³/mol. The van der Waals surface area contributed by atoms with Gasteiger partial charge in [0.2, 0.25) is 5.91 Å². The zero-order valence-electron chi connectivity index (χ0n) is 10.5. The maximum Gasteiger partial charge on any atom is 0.226 e. The van der Waals surface area contributed by atoms with Gasteiger partial charge in [0.15, 0.2) is 5.13 Å². The standard InChI is InChI=1S/C12H19N3OS.ClH/c1-2-9-7-14-12(17-9)15-11(16)6-8-4-3-5-10(8)13;/h7-8,10H,2-6,13H2,1H3,(H,14,15,16);1H/t8-,10+;/m0./s1. The van der Waals surface area contributed by atoms with Gasteiger partial charge in [0.1, 0.15) is 0 Å². The molecule has 102 valence electrons. The molecule has 2 atom stereocenters. The van der Waals surface area contributed by atoms with Crippen LogP contribution >= 0.6 is 23.7 Å². The summed E-state index contributed by atoms with van der Waals surface area (Å²) in [5, 5.41) is 3.56. The van der Waals surface area contributed by atoms with E-state index in [2.05, 4.69) is 17.2 Å². The third kappa shape index (κ3) is 3.93. The number of anilines is 1. The number of hydrogen-bond donors (Lipinski definition) is 2. The van der Waals surface area contributed by atoms with Crippen LogP contribution in [-0.4, -0.2) is 16.9 Å². The third-order valence-electron chi connectivity index (χ3n) is 3.31. The van der Waals surface area contributed by atoms with Crippen LogP contribution in [0.4, 0.5) is 5.13 Å². The number of nitrogens with one attached hydrogen (secondary N) is 1. The molecule has 1 aliphatic carbocycles. The molecule has 1 aromatic heterocycles. The van der Waals surface area contributed by atoms with Gasteiger partial charge in [-0.15, -0.1) is 23.7 Å². The molecule has 1 amide bonds. The van der Waals surface area contributed by atoms with Crippen molar-refractivity contribution < 1.29 is 4.79 Å². The number of nitrogens with zero attached hydrogens (tertiary/aromatic N) is 1. The van der Waals surface area contributed by atoms with Gasteiger partial charge in [-0.1, -0.05) is 13.3 Å². The van der Waals surface area contributed by atoms with Gasteiger partial charge in [-0.25, -0.2) is 4.98 Å². The molecule has 6 heteroatoms. The zero-order valence-corrected chi connectivity index (χ0v) is 12.1. The molecule has 0 aliphatic heterocycles. The van der Waals surface area contributed by atoms with Crippen molar-refractivity contribution in [1.82, 2.24) is 4.98 Å². The monoisotopic (exact) mass is 289 g/mol. The van der Waals surface area contributed by atoms with Crippen LogP contribution in [0.15, 0.2) is 6.20 Å². The Hall–Kier alpha value is -0.650. The molecular formula is C12H20ClN3OS. The number of nitrogens with two attached hydrogens (primary N) is 1. The van der Waals surface area contributed by atoms with Crippen molar-refractivity contribution in [2.24, 2.45) is 11.7 Å². The lowest BCUT2D eigenvalue weighted by Crippen LogP contribution is -2.28. The van der Waals surface area contributed by atoms with Crippen LogP contribution in [0, 0.1) is 5.92 Å². The van der Waals surface area contributed by atoms with E-state index in [1.54, 1.807) is 11.3 Å². The molecule has 0 aromatic carbocycles. The lowest BCUT2D eigenvalue weighted by Gasteiger charge is -2.13. The summed E-state index contributed by atoms with van der Waals surface area (Å²) in [4.78, 5) is 17.2. The minimum Gasteiger partial charge on any atom is -0.327 e. The van der Waals surface area contributed by atoms with Crippen LogP contribution in [-0.2, 0) is 11.2 Å². The average Bonchev–Trinajstić information content (AvgIpc) is 2.89. The highest BCUT2D eigenvalue weighted by Gasteiger charge is 2.26. The minimum atomic E-state index is 0. The Balaban J connectivity index is 0.00000162.